The predicted molar refractivity (Wildman–Crippen MR) is 84.5 cm³/mol. The molecule has 0 bridgehead atoms. The first-order valence-electron chi connectivity index (χ1n) is 6.58. The number of carbonyl (C=O) groups excluding carboxylic acids is 1. The smallest absolute Gasteiger partial charge is 0.268 e. The van der Waals surface area contributed by atoms with Gasteiger partial charge >= 0.3 is 0 Å². The van der Waals surface area contributed by atoms with Crippen LogP contribution in [-0.4, -0.2) is 22.7 Å². The number of nitrogens with zero attached hydrogens (tertiary/aromatic N) is 3. The minimum Gasteiger partial charge on any atom is -0.494 e. The number of hydrogen-bond acceptors (Lipinski definition) is 6. The second-order valence-corrected chi connectivity index (χ2v) is 5.43. The van der Waals surface area contributed by atoms with Gasteiger partial charge in [-0.05, 0) is 37.6 Å². The van der Waals surface area contributed by atoms with Gasteiger partial charge in [0.05, 0.1) is 6.61 Å². The molecule has 1 aromatic carbocycles. The summed E-state index contributed by atoms with van der Waals surface area (Å²) < 4.78 is 5.34. The molecule has 1 amide bonds. The van der Waals surface area contributed by atoms with Crippen molar-refractivity contribution in [2.24, 2.45) is 0 Å². The van der Waals surface area contributed by atoms with Crippen LogP contribution < -0.4 is 10.1 Å². The molecule has 0 fully saturated rings. The molecule has 1 N–H and O–H groups in total. The minimum atomic E-state index is -0.507. The summed E-state index contributed by atoms with van der Waals surface area (Å²) >= 11 is 1.25. The van der Waals surface area contributed by atoms with E-state index in [2.05, 4.69) is 15.5 Å². The number of ether oxygens (including phenoxy) is 1. The van der Waals surface area contributed by atoms with Crippen molar-refractivity contribution in [3.05, 3.63) is 40.4 Å². The van der Waals surface area contributed by atoms with Crippen LogP contribution in [-0.2, 0) is 4.79 Å². The molecule has 0 saturated heterocycles. The van der Waals surface area contributed by atoms with E-state index >= 15 is 0 Å². The van der Waals surface area contributed by atoms with Crippen LogP contribution in [0.3, 0.4) is 0 Å². The van der Waals surface area contributed by atoms with Gasteiger partial charge in [0.1, 0.15) is 22.4 Å². The number of nitrogens with one attached hydrogen (secondary N) is 1. The first-order valence-corrected chi connectivity index (χ1v) is 7.40. The fourth-order valence-corrected chi connectivity index (χ4v) is 2.24. The van der Waals surface area contributed by atoms with Gasteiger partial charge in [0.25, 0.3) is 5.91 Å². The van der Waals surface area contributed by atoms with Crippen LogP contribution in [0.1, 0.15) is 17.5 Å². The van der Waals surface area contributed by atoms with Crippen LogP contribution in [0.2, 0.25) is 0 Å². The Morgan fingerprint density at radius 3 is 2.68 bits per heavy atom. The highest BCUT2D eigenvalue weighted by atomic mass is 32.1. The van der Waals surface area contributed by atoms with Crippen LogP contribution >= 0.6 is 11.3 Å². The van der Waals surface area contributed by atoms with E-state index < -0.39 is 5.91 Å². The second kappa shape index (κ2) is 7.33. The number of aryl methyl sites for hydroxylation is 1. The van der Waals surface area contributed by atoms with Crippen molar-refractivity contribution in [3.8, 4) is 11.8 Å². The Bertz CT molecular complexity index is 729. The highest BCUT2D eigenvalue weighted by Gasteiger charge is 2.11. The maximum absolute atomic E-state index is 12.0. The molecule has 22 heavy (non-hydrogen) atoms. The zero-order chi connectivity index (χ0) is 15.9. The summed E-state index contributed by atoms with van der Waals surface area (Å²) in [6, 6.07) is 9.03. The average Bonchev–Trinajstić information content (AvgIpc) is 2.91. The molecular weight excluding hydrogens is 300 g/mol. The second-order valence-electron chi connectivity index (χ2n) is 4.25. The molecule has 7 heteroatoms. The molecular formula is C15H14N4O2S. The Morgan fingerprint density at radius 2 is 2.14 bits per heavy atom. The molecule has 0 unspecified atom stereocenters. The first-order chi connectivity index (χ1) is 10.6. The van der Waals surface area contributed by atoms with Gasteiger partial charge in [0, 0.05) is 0 Å². The SMILES string of the molecule is CCOc1ccc(/C=C(\C#N)C(=O)Nc2nnc(C)s2)cc1. The Kier molecular flexibility index (Phi) is 5.22. The third-order valence-electron chi connectivity index (χ3n) is 2.61. The lowest BCUT2D eigenvalue weighted by Crippen LogP contribution is -2.13. The third kappa shape index (κ3) is 4.14. The quantitative estimate of drug-likeness (QED) is 0.677. The van der Waals surface area contributed by atoms with E-state index in [-0.39, 0.29) is 5.57 Å². The van der Waals surface area contributed by atoms with Gasteiger partial charge in [0.2, 0.25) is 5.13 Å². The molecule has 0 aliphatic rings. The van der Waals surface area contributed by atoms with Crippen molar-refractivity contribution in [3.63, 3.8) is 0 Å². The zero-order valence-electron chi connectivity index (χ0n) is 12.2. The highest BCUT2D eigenvalue weighted by molar-refractivity contribution is 7.15. The molecule has 112 valence electrons. The van der Waals surface area contributed by atoms with Crippen LogP contribution in [0.5, 0.6) is 5.75 Å². The Hall–Kier alpha value is -2.72. The molecule has 0 aliphatic heterocycles. The highest BCUT2D eigenvalue weighted by Crippen LogP contribution is 2.17. The van der Waals surface area contributed by atoms with E-state index in [0.29, 0.717) is 11.7 Å². The molecule has 1 aromatic heterocycles. The lowest BCUT2D eigenvalue weighted by Gasteiger charge is -2.03. The van der Waals surface area contributed by atoms with Gasteiger partial charge in [-0.25, -0.2) is 0 Å². The summed E-state index contributed by atoms with van der Waals surface area (Å²) in [7, 11) is 0. The van der Waals surface area contributed by atoms with Crippen molar-refractivity contribution in [2.75, 3.05) is 11.9 Å². The monoisotopic (exact) mass is 314 g/mol. The van der Waals surface area contributed by atoms with Crippen LogP contribution in [0.15, 0.2) is 29.8 Å². The Balaban J connectivity index is 2.12. The van der Waals surface area contributed by atoms with Crippen molar-refractivity contribution < 1.29 is 9.53 Å². The molecule has 0 aliphatic carbocycles. The lowest BCUT2D eigenvalue weighted by atomic mass is 10.1. The van der Waals surface area contributed by atoms with Crippen molar-refractivity contribution in [2.45, 2.75) is 13.8 Å². The summed E-state index contributed by atoms with van der Waals surface area (Å²) in [5.41, 5.74) is 0.737. The van der Waals surface area contributed by atoms with Gasteiger partial charge in [-0.15, -0.1) is 10.2 Å². The number of benzene rings is 1. The van der Waals surface area contributed by atoms with Gasteiger partial charge in [-0.1, -0.05) is 23.5 Å². The Labute approximate surface area is 132 Å². The average molecular weight is 314 g/mol. The van der Waals surface area contributed by atoms with Crippen LogP contribution in [0, 0.1) is 18.3 Å². The number of nitriles is 1. The fraction of sp³-hybridized carbons (Fsp3) is 0.200. The maximum atomic E-state index is 12.0. The van der Waals surface area contributed by atoms with E-state index in [1.807, 2.05) is 13.0 Å². The molecule has 0 atom stereocenters. The number of aromatic nitrogens is 2. The number of rotatable bonds is 5. The topological polar surface area (TPSA) is 87.9 Å². The van der Waals surface area contributed by atoms with Crippen LogP contribution in [0.25, 0.3) is 6.08 Å². The standard InChI is InChI=1S/C15H14N4O2S/c1-3-21-13-6-4-11(5-7-13)8-12(9-16)14(20)17-15-19-18-10(2)22-15/h4-8H,3H2,1-2H3,(H,17,19,20)/b12-8+. The fourth-order valence-electron chi connectivity index (χ4n) is 1.65. The summed E-state index contributed by atoms with van der Waals surface area (Å²) in [5, 5.41) is 20.4. The minimum absolute atomic E-state index is 0.00277. The number of hydrogen-bond donors (Lipinski definition) is 1. The van der Waals surface area contributed by atoms with E-state index in [0.717, 1.165) is 16.3 Å². The van der Waals surface area contributed by atoms with Crippen LogP contribution in [0.4, 0.5) is 5.13 Å². The van der Waals surface area contributed by atoms with Gasteiger partial charge in [-0.2, -0.15) is 5.26 Å². The first kappa shape index (κ1) is 15.7. The predicted octanol–water partition coefficient (Wildman–Crippen LogP) is 2.79. The molecule has 2 rings (SSSR count). The zero-order valence-corrected chi connectivity index (χ0v) is 13.0. The summed E-state index contributed by atoms with van der Waals surface area (Å²) in [4.78, 5) is 12.0. The van der Waals surface area contributed by atoms with Crippen molar-refractivity contribution in [1.29, 1.82) is 5.26 Å². The molecule has 6 nitrogen and oxygen atoms in total. The largest absolute Gasteiger partial charge is 0.494 e. The molecule has 0 spiro atoms. The summed E-state index contributed by atoms with van der Waals surface area (Å²) in [6.07, 6.45) is 1.51. The molecule has 0 saturated carbocycles. The number of carbonyl (C=O) groups is 1. The molecule has 1 heterocycles. The van der Waals surface area contributed by atoms with E-state index in [1.54, 1.807) is 31.2 Å². The Morgan fingerprint density at radius 1 is 1.41 bits per heavy atom. The molecule has 0 radical (unpaired) electrons. The van der Waals surface area contributed by atoms with Gasteiger partial charge in [0.15, 0.2) is 0 Å². The lowest BCUT2D eigenvalue weighted by molar-refractivity contribution is -0.112. The third-order valence-corrected chi connectivity index (χ3v) is 3.37. The summed E-state index contributed by atoms with van der Waals surface area (Å²) in [5.74, 6) is 0.236. The maximum Gasteiger partial charge on any atom is 0.268 e. The molecule has 2 aromatic rings. The van der Waals surface area contributed by atoms with Crippen molar-refractivity contribution in [1.82, 2.24) is 10.2 Å². The van der Waals surface area contributed by atoms with E-state index in [4.69, 9.17) is 10.00 Å². The van der Waals surface area contributed by atoms with E-state index in [1.165, 1.54) is 17.4 Å². The van der Waals surface area contributed by atoms with Crippen molar-refractivity contribution >= 4 is 28.5 Å². The van der Waals surface area contributed by atoms with E-state index in [9.17, 15) is 4.79 Å². The summed E-state index contributed by atoms with van der Waals surface area (Å²) in [6.45, 7) is 4.28. The van der Waals surface area contributed by atoms with Gasteiger partial charge in [-0.3, -0.25) is 10.1 Å². The number of amides is 1. The normalized spacial score (nSPS) is 10.9. The van der Waals surface area contributed by atoms with Gasteiger partial charge < -0.3 is 4.74 Å². The number of anilines is 1.